The van der Waals surface area contributed by atoms with E-state index in [-0.39, 0.29) is 0 Å². The molecule has 1 atom stereocenters. The molecule has 29 heavy (non-hydrogen) atoms. The van der Waals surface area contributed by atoms with E-state index in [0.717, 1.165) is 16.8 Å². The van der Waals surface area contributed by atoms with Gasteiger partial charge in [0.15, 0.2) is 6.04 Å². The zero-order valence-electron chi connectivity index (χ0n) is 16.5. The molecule has 0 aliphatic rings. The second kappa shape index (κ2) is 9.01. The lowest BCUT2D eigenvalue weighted by atomic mass is 10.1. The van der Waals surface area contributed by atoms with Crippen molar-refractivity contribution >= 4 is 17.8 Å². The van der Waals surface area contributed by atoms with Gasteiger partial charge in [-0.3, -0.25) is 4.79 Å². The third-order valence-electron chi connectivity index (χ3n) is 4.35. The van der Waals surface area contributed by atoms with Gasteiger partial charge in [-0.25, -0.2) is 14.8 Å². The number of aromatic nitrogens is 3. The van der Waals surface area contributed by atoms with Gasteiger partial charge >= 0.3 is 5.97 Å². The maximum Gasteiger partial charge on any atom is 0.333 e. The number of methoxy groups -OCH3 is 1. The van der Waals surface area contributed by atoms with Crippen molar-refractivity contribution < 1.29 is 14.3 Å². The molecule has 1 amide bonds. The summed E-state index contributed by atoms with van der Waals surface area (Å²) in [5.74, 6) is -0.442. The predicted octanol–water partition coefficient (Wildman–Crippen LogP) is 2.86. The van der Waals surface area contributed by atoms with Crippen LogP contribution in [0.1, 0.15) is 34.6 Å². The molecule has 2 heterocycles. The largest absolute Gasteiger partial charge is 0.467 e. The summed E-state index contributed by atoms with van der Waals surface area (Å²) in [6.45, 7) is 4.57. The summed E-state index contributed by atoms with van der Waals surface area (Å²) in [6, 6.07) is 9.74. The first-order chi connectivity index (χ1) is 14.0. The van der Waals surface area contributed by atoms with Crippen molar-refractivity contribution in [1.82, 2.24) is 20.3 Å². The number of amides is 1. The molecular weight excluding hydrogens is 370 g/mol. The Kier molecular flexibility index (Phi) is 6.23. The highest BCUT2D eigenvalue weighted by Gasteiger charge is 2.24. The second-order valence-corrected chi connectivity index (χ2v) is 6.40. The topological polar surface area (TPSA) is 109 Å². The van der Waals surface area contributed by atoms with E-state index in [0.29, 0.717) is 23.8 Å². The maximum atomic E-state index is 12.8. The lowest BCUT2D eigenvalue weighted by Gasteiger charge is -2.16. The van der Waals surface area contributed by atoms with Crippen molar-refractivity contribution in [3.8, 4) is 11.3 Å². The molecule has 0 saturated heterocycles. The fourth-order valence-electron chi connectivity index (χ4n) is 2.89. The first kappa shape index (κ1) is 20.1. The average Bonchev–Trinajstić information content (AvgIpc) is 3.23. The maximum absolute atomic E-state index is 12.8. The van der Waals surface area contributed by atoms with Crippen LogP contribution in [0.4, 0.5) is 5.95 Å². The zero-order chi connectivity index (χ0) is 20.8. The van der Waals surface area contributed by atoms with Crippen molar-refractivity contribution in [3.63, 3.8) is 0 Å². The number of hydrogen-bond acceptors (Lipinski definition) is 6. The summed E-state index contributed by atoms with van der Waals surface area (Å²) in [5.41, 5.74) is 3.31. The highest BCUT2D eigenvalue weighted by molar-refractivity contribution is 5.96. The smallest absolute Gasteiger partial charge is 0.333 e. The van der Waals surface area contributed by atoms with Gasteiger partial charge in [-0.15, -0.1) is 0 Å². The molecule has 0 radical (unpaired) electrons. The molecular formula is C21H23N5O3. The molecule has 3 rings (SSSR count). The number of H-pyrrole nitrogens is 1. The molecule has 0 fully saturated rings. The third-order valence-corrected chi connectivity index (χ3v) is 4.35. The van der Waals surface area contributed by atoms with Crippen LogP contribution in [0.2, 0.25) is 0 Å². The molecule has 8 nitrogen and oxygen atoms in total. The number of aryl methyl sites for hydroxylation is 1. The monoisotopic (exact) mass is 393 g/mol. The van der Waals surface area contributed by atoms with E-state index < -0.39 is 17.9 Å². The van der Waals surface area contributed by atoms with Gasteiger partial charge < -0.3 is 20.4 Å². The van der Waals surface area contributed by atoms with Crippen LogP contribution in [0.5, 0.6) is 0 Å². The third kappa shape index (κ3) is 4.60. The minimum absolute atomic E-state index is 0.313. The molecule has 8 heteroatoms. The Bertz CT molecular complexity index is 1000. The molecule has 3 aromatic rings. The molecule has 0 spiro atoms. The molecule has 0 saturated carbocycles. The molecule has 0 aliphatic heterocycles. The van der Waals surface area contributed by atoms with Crippen molar-refractivity contribution in [3.05, 3.63) is 65.6 Å². The van der Waals surface area contributed by atoms with E-state index >= 15 is 0 Å². The summed E-state index contributed by atoms with van der Waals surface area (Å²) in [7, 11) is 1.29. The highest BCUT2D eigenvalue weighted by Crippen LogP contribution is 2.23. The SMILES string of the molecule is CCNc1ncc(C)c(-c2c[nH]c(C(=O)NC(C(=O)OC)c3ccccc3)c2)n1. The lowest BCUT2D eigenvalue weighted by Crippen LogP contribution is -2.34. The normalized spacial score (nSPS) is 11.6. The average molecular weight is 393 g/mol. The van der Waals surface area contributed by atoms with Crippen molar-refractivity contribution in [1.29, 1.82) is 0 Å². The molecule has 3 N–H and O–H groups in total. The summed E-state index contributed by atoms with van der Waals surface area (Å²) < 4.78 is 4.84. The molecule has 150 valence electrons. The summed E-state index contributed by atoms with van der Waals surface area (Å²) in [5, 5.41) is 5.80. The van der Waals surface area contributed by atoms with Crippen LogP contribution < -0.4 is 10.6 Å². The van der Waals surface area contributed by atoms with E-state index in [2.05, 4.69) is 25.6 Å². The molecule has 1 unspecified atom stereocenters. The van der Waals surface area contributed by atoms with Gasteiger partial charge in [0, 0.05) is 24.5 Å². The zero-order valence-corrected chi connectivity index (χ0v) is 16.5. The number of aromatic amines is 1. The van der Waals surface area contributed by atoms with Gasteiger partial charge in [0.25, 0.3) is 5.91 Å². The first-order valence-corrected chi connectivity index (χ1v) is 9.23. The Morgan fingerprint density at radius 2 is 2.00 bits per heavy atom. The number of anilines is 1. The van der Waals surface area contributed by atoms with Gasteiger partial charge in [0.2, 0.25) is 5.95 Å². The summed E-state index contributed by atoms with van der Waals surface area (Å²) in [4.78, 5) is 36.6. The van der Waals surface area contributed by atoms with Crippen LogP contribution in [-0.4, -0.2) is 40.5 Å². The number of carbonyl (C=O) groups is 2. The van der Waals surface area contributed by atoms with Crippen molar-refractivity contribution in [2.24, 2.45) is 0 Å². The lowest BCUT2D eigenvalue weighted by molar-refractivity contribution is -0.143. The molecule has 2 aromatic heterocycles. The van der Waals surface area contributed by atoms with Gasteiger partial charge in [-0.2, -0.15) is 0 Å². The van der Waals surface area contributed by atoms with Crippen LogP contribution in [0.25, 0.3) is 11.3 Å². The number of hydrogen-bond donors (Lipinski definition) is 3. The fraction of sp³-hybridized carbons (Fsp3) is 0.238. The Hall–Kier alpha value is -3.68. The Balaban J connectivity index is 1.83. The minimum atomic E-state index is -0.901. The van der Waals surface area contributed by atoms with E-state index in [1.54, 1.807) is 42.7 Å². The fourth-order valence-corrected chi connectivity index (χ4v) is 2.89. The molecule has 0 aliphatic carbocycles. The number of nitrogens with one attached hydrogen (secondary N) is 3. The van der Waals surface area contributed by atoms with Crippen molar-refractivity contribution in [2.75, 3.05) is 19.0 Å². The van der Waals surface area contributed by atoms with Crippen LogP contribution >= 0.6 is 0 Å². The predicted molar refractivity (Wildman–Crippen MR) is 109 cm³/mol. The molecule has 0 bridgehead atoms. The highest BCUT2D eigenvalue weighted by atomic mass is 16.5. The molecule has 1 aromatic carbocycles. The standard InChI is InChI=1S/C21H23N5O3/c1-4-22-21-24-11-13(2)17(26-21)15-10-16(23-12-15)19(27)25-18(20(28)29-3)14-8-6-5-7-9-14/h5-12,18,23H,4H2,1-3H3,(H,25,27)(H,22,24,26). The number of carbonyl (C=O) groups excluding carboxylic acids is 2. The number of nitrogens with zero attached hydrogens (tertiary/aromatic N) is 2. The van der Waals surface area contributed by atoms with Crippen LogP contribution in [0, 0.1) is 6.92 Å². The van der Waals surface area contributed by atoms with Crippen LogP contribution in [0.3, 0.4) is 0 Å². The van der Waals surface area contributed by atoms with Crippen LogP contribution in [-0.2, 0) is 9.53 Å². The summed E-state index contributed by atoms with van der Waals surface area (Å²) >= 11 is 0. The number of benzene rings is 1. The van der Waals surface area contributed by atoms with E-state index in [1.165, 1.54) is 7.11 Å². The van der Waals surface area contributed by atoms with Gasteiger partial charge in [0.05, 0.1) is 12.8 Å². The Morgan fingerprint density at radius 3 is 2.69 bits per heavy atom. The number of rotatable bonds is 7. The van der Waals surface area contributed by atoms with Gasteiger partial charge in [0.1, 0.15) is 5.69 Å². The second-order valence-electron chi connectivity index (χ2n) is 6.40. The summed E-state index contributed by atoms with van der Waals surface area (Å²) in [6.07, 6.45) is 3.44. The first-order valence-electron chi connectivity index (χ1n) is 9.23. The number of ether oxygens (including phenoxy) is 1. The van der Waals surface area contributed by atoms with Gasteiger partial charge in [-0.1, -0.05) is 30.3 Å². The van der Waals surface area contributed by atoms with E-state index in [9.17, 15) is 9.59 Å². The van der Waals surface area contributed by atoms with E-state index in [1.807, 2.05) is 19.9 Å². The Morgan fingerprint density at radius 1 is 1.24 bits per heavy atom. The van der Waals surface area contributed by atoms with E-state index in [4.69, 9.17) is 4.74 Å². The number of esters is 1. The quantitative estimate of drug-likeness (QED) is 0.533. The minimum Gasteiger partial charge on any atom is -0.467 e. The van der Waals surface area contributed by atoms with Crippen molar-refractivity contribution in [2.45, 2.75) is 19.9 Å². The van der Waals surface area contributed by atoms with Crippen LogP contribution in [0.15, 0.2) is 48.8 Å². The Labute approximate surface area is 168 Å². The van der Waals surface area contributed by atoms with Gasteiger partial charge in [-0.05, 0) is 31.0 Å².